The number of hydrogen-bond acceptors (Lipinski definition) is 3. The minimum atomic E-state index is -0.292. The summed E-state index contributed by atoms with van der Waals surface area (Å²) in [6, 6.07) is 0. The molecular formula is C12H25NO2. The molecule has 3 heteroatoms. The lowest BCUT2D eigenvalue weighted by Gasteiger charge is -2.42. The first kappa shape index (κ1) is 12.9. The molecule has 1 saturated heterocycles. The topological polar surface area (TPSA) is 32.7 Å². The van der Waals surface area contributed by atoms with E-state index in [0.717, 1.165) is 26.1 Å². The van der Waals surface area contributed by atoms with Gasteiger partial charge in [0, 0.05) is 18.1 Å². The summed E-state index contributed by atoms with van der Waals surface area (Å²) in [5.74, 6) is 0.306. The lowest BCUT2D eigenvalue weighted by molar-refractivity contribution is -0.0397. The highest BCUT2D eigenvalue weighted by Gasteiger charge is 2.39. The maximum absolute atomic E-state index is 10.4. The van der Waals surface area contributed by atoms with Crippen molar-refractivity contribution in [2.24, 2.45) is 5.92 Å². The van der Waals surface area contributed by atoms with E-state index in [9.17, 15) is 5.11 Å². The van der Waals surface area contributed by atoms with Gasteiger partial charge in [-0.1, -0.05) is 13.8 Å². The second kappa shape index (κ2) is 5.28. The van der Waals surface area contributed by atoms with Crippen LogP contribution in [0, 0.1) is 5.92 Å². The first-order valence-electron chi connectivity index (χ1n) is 6.04. The maximum Gasteiger partial charge on any atom is 0.0769 e. The van der Waals surface area contributed by atoms with Gasteiger partial charge in [0.1, 0.15) is 0 Å². The molecule has 0 aromatic heterocycles. The number of likely N-dealkylation sites (N-methyl/N-ethyl adjacent to an activating group) is 1. The first-order valence-corrected chi connectivity index (χ1v) is 6.04. The Morgan fingerprint density at radius 3 is 2.40 bits per heavy atom. The third-order valence-electron chi connectivity index (χ3n) is 3.71. The summed E-state index contributed by atoms with van der Waals surface area (Å²) in [5.41, 5.74) is -0.151. The minimum Gasteiger partial charge on any atom is -0.391 e. The first-order chi connectivity index (χ1) is 7.04. The van der Waals surface area contributed by atoms with Crippen LogP contribution in [0.4, 0.5) is 0 Å². The zero-order valence-corrected chi connectivity index (χ0v) is 10.5. The van der Waals surface area contributed by atoms with Crippen molar-refractivity contribution in [3.8, 4) is 0 Å². The van der Waals surface area contributed by atoms with E-state index in [1.54, 1.807) is 0 Å². The molecule has 0 aliphatic carbocycles. The smallest absolute Gasteiger partial charge is 0.0769 e. The van der Waals surface area contributed by atoms with Crippen molar-refractivity contribution < 1.29 is 9.84 Å². The van der Waals surface area contributed by atoms with Crippen LogP contribution in [-0.4, -0.2) is 48.0 Å². The lowest BCUT2D eigenvalue weighted by atomic mass is 9.85. The molecule has 1 aliphatic heterocycles. The van der Waals surface area contributed by atoms with Crippen LogP contribution in [0.25, 0.3) is 0 Å². The van der Waals surface area contributed by atoms with Crippen molar-refractivity contribution in [2.45, 2.75) is 45.8 Å². The van der Waals surface area contributed by atoms with Crippen LogP contribution in [0.3, 0.4) is 0 Å². The molecule has 0 spiro atoms. The minimum absolute atomic E-state index is 0.151. The number of nitrogens with zero attached hydrogens (tertiary/aromatic N) is 1. The van der Waals surface area contributed by atoms with E-state index in [4.69, 9.17) is 4.74 Å². The van der Waals surface area contributed by atoms with Crippen molar-refractivity contribution >= 4 is 0 Å². The Kier molecular flexibility index (Phi) is 4.56. The number of hydrogen-bond donors (Lipinski definition) is 1. The molecule has 0 radical (unpaired) electrons. The normalized spacial score (nSPS) is 24.8. The van der Waals surface area contributed by atoms with Crippen molar-refractivity contribution in [1.29, 1.82) is 0 Å². The van der Waals surface area contributed by atoms with Gasteiger partial charge in [0.05, 0.1) is 12.7 Å². The molecule has 90 valence electrons. The zero-order chi connectivity index (χ0) is 11.5. The van der Waals surface area contributed by atoms with Crippen molar-refractivity contribution in [3.63, 3.8) is 0 Å². The molecule has 15 heavy (non-hydrogen) atoms. The average molecular weight is 215 g/mol. The van der Waals surface area contributed by atoms with Gasteiger partial charge in [-0.2, -0.15) is 0 Å². The predicted molar refractivity (Wildman–Crippen MR) is 61.9 cm³/mol. The van der Waals surface area contributed by atoms with Gasteiger partial charge >= 0.3 is 0 Å². The van der Waals surface area contributed by atoms with E-state index in [1.807, 2.05) is 0 Å². The van der Waals surface area contributed by atoms with Crippen LogP contribution in [0.5, 0.6) is 0 Å². The second-order valence-corrected chi connectivity index (χ2v) is 4.89. The van der Waals surface area contributed by atoms with E-state index in [1.165, 1.54) is 0 Å². The van der Waals surface area contributed by atoms with E-state index >= 15 is 0 Å². The van der Waals surface area contributed by atoms with Crippen LogP contribution < -0.4 is 0 Å². The van der Waals surface area contributed by atoms with Crippen LogP contribution in [0.1, 0.15) is 34.1 Å². The van der Waals surface area contributed by atoms with E-state index in [0.29, 0.717) is 12.5 Å². The largest absolute Gasteiger partial charge is 0.391 e. The molecule has 0 bridgehead atoms. The summed E-state index contributed by atoms with van der Waals surface area (Å²) in [5, 5.41) is 10.4. The Morgan fingerprint density at radius 2 is 2.00 bits per heavy atom. The van der Waals surface area contributed by atoms with Crippen LogP contribution >= 0.6 is 0 Å². The van der Waals surface area contributed by atoms with Gasteiger partial charge in [0.15, 0.2) is 0 Å². The van der Waals surface area contributed by atoms with Gasteiger partial charge in [0.25, 0.3) is 0 Å². The highest BCUT2D eigenvalue weighted by atomic mass is 16.5. The molecule has 1 rings (SSSR count). The monoisotopic (exact) mass is 215 g/mol. The molecular weight excluding hydrogens is 190 g/mol. The van der Waals surface area contributed by atoms with Crippen LogP contribution in [0.15, 0.2) is 0 Å². The summed E-state index contributed by atoms with van der Waals surface area (Å²) >= 11 is 0. The van der Waals surface area contributed by atoms with Gasteiger partial charge in [-0.05, 0) is 33.4 Å². The van der Waals surface area contributed by atoms with Crippen molar-refractivity contribution in [1.82, 2.24) is 4.90 Å². The molecule has 1 fully saturated rings. The van der Waals surface area contributed by atoms with Gasteiger partial charge in [0.2, 0.25) is 0 Å². The second-order valence-electron chi connectivity index (χ2n) is 4.89. The summed E-state index contributed by atoms with van der Waals surface area (Å²) < 4.78 is 5.34. The summed E-state index contributed by atoms with van der Waals surface area (Å²) in [7, 11) is 0. The van der Waals surface area contributed by atoms with Crippen molar-refractivity contribution in [2.75, 3.05) is 26.3 Å². The highest BCUT2D eigenvalue weighted by Crippen LogP contribution is 2.28. The van der Waals surface area contributed by atoms with Gasteiger partial charge in [-0.3, -0.25) is 4.90 Å². The Bertz CT molecular complexity index is 184. The number of aliphatic hydroxyl groups is 1. The zero-order valence-electron chi connectivity index (χ0n) is 10.5. The van der Waals surface area contributed by atoms with Crippen LogP contribution in [0.2, 0.25) is 0 Å². The fraction of sp³-hybridized carbons (Fsp3) is 1.00. The molecule has 2 unspecified atom stereocenters. The highest BCUT2D eigenvalue weighted by molar-refractivity contribution is 4.92. The van der Waals surface area contributed by atoms with Crippen molar-refractivity contribution in [3.05, 3.63) is 0 Å². The number of ether oxygens (including phenoxy) is 1. The van der Waals surface area contributed by atoms with Gasteiger partial charge in [-0.25, -0.2) is 0 Å². The quantitative estimate of drug-likeness (QED) is 0.754. The molecule has 0 saturated carbocycles. The molecule has 1 heterocycles. The molecule has 0 amide bonds. The molecule has 0 aromatic rings. The Hall–Kier alpha value is -0.120. The van der Waals surface area contributed by atoms with Crippen LogP contribution in [-0.2, 0) is 4.74 Å². The summed E-state index contributed by atoms with van der Waals surface area (Å²) in [6.45, 7) is 12.0. The third kappa shape index (κ3) is 2.71. The summed E-state index contributed by atoms with van der Waals surface area (Å²) in [4.78, 5) is 2.32. The standard InChI is InChI=1S/C12H25NO2/c1-5-13(6-2)12(3,4)11(14)10-7-8-15-9-10/h10-11,14H,5-9H2,1-4H3. The fourth-order valence-electron chi connectivity index (χ4n) is 2.60. The van der Waals surface area contributed by atoms with E-state index in [2.05, 4.69) is 32.6 Å². The maximum atomic E-state index is 10.4. The third-order valence-corrected chi connectivity index (χ3v) is 3.71. The lowest BCUT2D eigenvalue weighted by Crippen LogP contribution is -2.55. The van der Waals surface area contributed by atoms with E-state index < -0.39 is 0 Å². The summed E-state index contributed by atoms with van der Waals surface area (Å²) in [6.07, 6.45) is 0.700. The molecule has 0 aromatic carbocycles. The number of rotatable bonds is 5. The van der Waals surface area contributed by atoms with Gasteiger partial charge in [-0.15, -0.1) is 0 Å². The molecule has 2 atom stereocenters. The van der Waals surface area contributed by atoms with Gasteiger partial charge < -0.3 is 9.84 Å². The average Bonchev–Trinajstić information content (AvgIpc) is 2.70. The predicted octanol–water partition coefficient (Wildman–Crippen LogP) is 1.50. The molecule has 1 aliphatic rings. The molecule has 3 nitrogen and oxygen atoms in total. The molecule has 1 N–H and O–H groups in total. The Labute approximate surface area is 93.4 Å². The SMILES string of the molecule is CCN(CC)C(C)(C)C(O)C1CCOC1. The van der Waals surface area contributed by atoms with E-state index in [-0.39, 0.29) is 11.6 Å². The Morgan fingerprint density at radius 1 is 1.40 bits per heavy atom. The number of aliphatic hydroxyl groups excluding tert-OH is 1. The fourth-order valence-corrected chi connectivity index (χ4v) is 2.60. The Balaban J connectivity index is 2.65.